The number of amides is 2. The molecule has 0 aromatic rings. The van der Waals surface area contributed by atoms with Crippen molar-refractivity contribution >= 4 is 6.03 Å². The summed E-state index contributed by atoms with van der Waals surface area (Å²) in [5, 5.41) is 42.3. The highest BCUT2D eigenvalue weighted by molar-refractivity contribution is 5.74. The second-order valence-corrected chi connectivity index (χ2v) is 3.76. The lowest BCUT2D eigenvalue weighted by atomic mass is 9.97. The number of urea groups is 1. The number of nitrogens with one attached hydrogen (secondary N) is 2. The molecular formula is C9H18N2O6. The average molecular weight is 250 g/mol. The predicted molar refractivity (Wildman–Crippen MR) is 56.0 cm³/mol. The van der Waals surface area contributed by atoms with Crippen LogP contribution in [0.3, 0.4) is 0 Å². The molecule has 0 aromatic carbocycles. The van der Waals surface area contributed by atoms with Gasteiger partial charge in [-0.15, -0.1) is 0 Å². The lowest BCUT2D eigenvalue weighted by Gasteiger charge is -2.40. The Kier molecular flexibility index (Phi) is 5.09. The summed E-state index contributed by atoms with van der Waals surface area (Å²) in [6.07, 6.45) is -5.37. The molecule has 0 aromatic heterocycles. The quantitative estimate of drug-likeness (QED) is 0.318. The number of rotatable bonds is 3. The zero-order valence-corrected chi connectivity index (χ0v) is 9.41. The topological polar surface area (TPSA) is 131 Å². The van der Waals surface area contributed by atoms with E-state index in [9.17, 15) is 20.1 Å². The number of carbonyl (C=O) groups is 1. The second-order valence-electron chi connectivity index (χ2n) is 3.76. The van der Waals surface area contributed by atoms with Gasteiger partial charge in [-0.1, -0.05) is 0 Å². The van der Waals surface area contributed by atoms with Crippen LogP contribution in [0.4, 0.5) is 4.79 Å². The van der Waals surface area contributed by atoms with Crippen molar-refractivity contribution in [1.29, 1.82) is 0 Å². The molecule has 6 N–H and O–H groups in total. The highest BCUT2D eigenvalue weighted by atomic mass is 16.6. The van der Waals surface area contributed by atoms with E-state index >= 15 is 0 Å². The first-order valence-electron chi connectivity index (χ1n) is 5.36. The minimum Gasteiger partial charge on any atom is -0.394 e. The Morgan fingerprint density at radius 1 is 1.29 bits per heavy atom. The molecule has 8 heteroatoms. The Morgan fingerprint density at radius 3 is 2.47 bits per heavy atom. The lowest BCUT2D eigenvalue weighted by molar-refractivity contribution is -0.252. The van der Waals surface area contributed by atoms with Gasteiger partial charge in [0.1, 0.15) is 24.4 Å². The van der Waals surface area contributed by atoms with Crippen LogP contribution < -0.4 is 10.6 Å². The van der Waals surface area contributed by atoms with Crippen LogP contribution in [0, 0.1) is 0 Å². The third kappa shape index (κ3) is 3.27. The van der Waals surface area contributed by atoms with Crippen molar-refractivity contribution in [3.63, 3.8) is 0 Å². The number of hydrogen-bond acceptors (Lipinski definition) is 6. The molecule has 5 unspecified atom stereocenters. The summed E-state index contributed by atoms with van der Waals surface area (Å²) in [5.74, 6) is 0. The molecule has 0 spiro atoms. The van der Waals surface area contributed by atoms with Gasteiger partial charge in [-0.05, 0) is 6.92 Å². The van der Waals surface area contributed by atoms with E-state index in [0.29, 0.717) is 6.54 Å². The molecule has 0 bridgehead atoms. The van der Waals surface area contributed by atoms with Crippen LogP contribution in [0.1, 0.15) is 6.92 Å². The van der Waals surface area contributed by atoms with Crippen LogP contribution in [0.2, 0.25) is 0 Å². The van der Waals surface area contributed by atoms with Crippen molar-refractivity contribution in [1.82, 2.24) is 10.6 Å². The maximum Gasteiger partial charge on any atom is 0.315 e. The summed E-state index contributed by atoms with van der Waals surface area (Å²) in [6.45, 7) is 1.55. The first-order chi connectivity index (χ1) is 8.01. The van der Waals surface area contributed by atoms with Gasteiger partial charge in [0.05, 0.1) is 6.61 Å². The molecule has 1 fully saturated rings. The summed E-state index contributed by atoms with van der Waals surface area (Å²) < 4.78 is 4.86. The lowest BCUT2D eigenvalue weighted by Crippen LogP contribution is -2.65. The number of ether oxygens (including phenoxy) is 1. The van der Waals surface area contributed by atoms with Crippen LogP contribution in [0.15, 0.2) is 0 Å². The predicted octanol–water partition coefficient (Wildman–Crippen LogP) is -2.89. The van der Waals surface area contributed by atoms with Gasteiger partial charge in [-0.3, -0.25) is 0 Å². The maximum absolute atomic E-state index is 11.2. The SMILES string of the molecule is CCNC(=O)NC1C(O)OC(CO)C(O)C1O. The molecule has 17 heavy (non-hydrogen) atoms. The minimum absolute atomic E-state index is 0.382. The molecule has 1 saturated heterocycles. The fourth-order valence-corrected chi connectivity index (χ4v) is 1.62. The third-order valence-electron chi connectivity index (χ3n) is 2.54. The first kappa shape index (κ1) is 14.1. The zero-order chi connectivity index (χ0) is 13.0. The van der Waals surface area contributed by atoms with Gasteiger partial charge in [0.2, 0.25) is 0 Å². The van der Waals surface area contributed by atoms with Gasteiger partial charge >= 0.3 is 6.03 Å². The Balaban J connectivity index is 2.63. The number of hydrogen-bond donors (Lipinski definition) is 6. The van der Waals surface area contributed by atoms with E-state index in [1.54, 1.807) is 6.92 Å². The van der Waals surface area contributed by atoms with Crippen molar-refractivity contribution in [2.75, 3.05) is 13.2 Å². The molecule has 1 rings (SSSR count). The summed E-state index contributed by atoms with van der Waals surface area (Å²) >= 11 is 0. The van der Waals surface area contributed by atoms with Crippen LogP contribution >= 0.6 is 0 Å². The fourth-order valence-electron chi connectivity index (χ4n) is 1.62. The van der Waals surface area contributed by atoms with E-state index in [1.165, 1.54) is 0 Å². The summed E-state index contributed by atoms with van der Waals surface area (Å²) in [5.41, 5.74) is 0. The van der Waals surface area contributed by atoms with E-state index in [2.05, 4.69) is 10.6 Å². The van der Waals surface area contributed by atoms with Crippen molar-refractivity contribution < 1.29 is 30.0 Å². The maximum atomic E-state index is 11.2. The molecule has 1 aliphatic heterocycles. The van der Waals surface area contributed by atoms with Crippen LogP contribution in [-0.4, -0.2) is 70.3 Å². The normalized spacial score (nSPS) is 37.6. The Bertz CT molecular complexity index is 264. The van der Waals surface area contributed by atoms with Gasteiger partial charge in [0.25, 0.3) is 0 Å². The number of aliphatic hydroxyl groups excluding tert-OH is 4. The van der Waals surface area contributed by atoms with Gasteiger partial charge in [-0.25, -0.2) is 4.79 Å². The van der Waals surface area contributed by atoms with Crippen molar-refractivity contribution in [3.05, 3.63) is 0 Å². The summed E-state index contributed by atoms with van der Waals surface area (Å²) in [4.78, 5) is 11.2. The van der Waals surface area contributed by atoms with Crippen LogP contribution in [0.5, 0.6) is 0 Å². The molecule has 2 amide bonds. The molecule has 0 saturated carbocycles. The molecule has 0 aliphatic carbocycles. The van der Waals surface area contributed by atoms with Gasteiger partial charge in [-0.2, -0.15) is 0 Å². The van der Waals surface area contributed by atoms with E-state index in [-0.39, 0.29) is 0 Å². The van der Waals surface area contributed by atoms with Crippen molar-refractivity contribution in [2.45, 2.75) is 37.6 Å². The fraction of sp³-hybridized carbons (Fsp3) is 0.889. The highest BCUT2D eigenvalue weighted by Crippen LogP contribution is 2.19. The van der Waals surface area contributed by atoms with E-state index in [1.807, 2.05) is 0 Å². The highest BCUT2D eigenvalue weighted by Gasteiger charge is 2.44. The molecule has 100 valence electrons. The Labute approximate surface area is 98.2 Å². The summed E-state index contributed by atoms with van der Waals surface area (Å²) in [7, 11) is 0. The third-order valence-corrected chi connectivity index (χ3v) is 2.54. The number of aliphatic hydroxyl groups is 4. The van der Waals surface area contributed by atoms with Crippen molar-refractivity contribution in [3.8, 4) is 0 Å². The van der Waals surface area contributed by atoms with Gasteiger partial charge in [0.15, 0.2) is 6.29 Å². The van der Waals surface area contributed by atoms with Crippen LogP contribution in [0.25, 0.3) is 0 Å². The summed E-state index contributed by atoms with van der Waals surface area (Å²) in [6, 6.07) is -1.74. The average Bonchev–Trinajstić information content (AvgIpc) is 2.29. The Hall–Kier alpha value is -0.930. The molecule has 8 nitrogen and oxygen atoms in total. The molecular weight excluding hydrogens is 232 g/mol. The standard InChI is InChI=1S/C9H18N2O6/c1-2-10-9(16)11-5-7(14)6(13)4(3-12)17-8(5)15/h4-8,12-15H,2-3H2,1H3,(H2,10,11,16). The largest absolute Gasteiger partial charge is 0.394 e. The van der Waals surface area contributed by atoms with Crippen LogP contribution in [-0.2, 0) is 4.74 Å². The second kappa shape index (κ2) is 6.12. The Morgan fingerprint density at radius 2 is 1.94 bits per heavy atom. The monoisotopic (exact) mass is 250 g/mol. The molecule has 1 heterocycles. The smallest absolute Gasteiger partial charge is 0.315 e. The molecule has 0 radical (unpaired) electrons. The molecule has 5 atom stereocenters. The van der Waals surface area contributed by atoms with Crippen molar-refractivity contribution in [2.24, 2.45) is 0 Å². The van der Waals surface area contributed by atoms with E-state index in [4.69, 9.17) is 9.84 Å². The minimum atomic E-state index is -1.49. The van der Waals surface area contributed by atoms with Gasteiger partial charge in [0, 0.05) is 6.54 Å². The first-order valence-corrected chi connectivity index (χ1v) is 5.36. The zero-order valence-electron chi connectivity index (χ0n) is 9.41. The van der Waals surface area contributed by atoms with E-state index in [0.717, 1.165) is 0 Å². The van der Waals surface area contributed by atoms with Gasteiger partial charge < -0.3 is 35.8 Å². The van der Waals surface area contributed by atoms with E-state index < -0.39 is 43.3 Å². The number of carbonyl (C=O) groups excluding carboxylic acids is 1. The molecule has 1 aliphatic rings.